The van der Waals surface area contributed by atoms with E-state index >= 15 is 0 Å². The van der Waals surface area contributed by atoms with Crippen LogP contribution in [-0.2, 0) is 9.68 Å². The lowest BCUT2D eigenvalue weighted by atomic mass is 10.3. The fourth-order valence-electron chi connectivity index (χ4n) is 0.646. The summed E-state index contributed by atoms with van der Waals surface area (Å²) in [6, 6.07) is 4.57. The molecule has 16 heavy (non-hydrogen) atoms. The predicted molar refractivity (Wildman–Crippen MR) is 63.8 cm³/mol. The molecule has 0 unspecified atom stereocenters. The van der Waals surface area contributed by atoms with E-state index in [4.69, 9.17) is 23.2 Å². The molecule has 0 aliphatic heterocycles. The first-order valence-corrected chi connectivity index (χ1v) is 5.15. The smallest absolute Gasteiger partial charge is 0.323 e. The molecular formula is C10H13Cl2NO3. The summed E-state index contributed by atoms with van der Waals surface area (Å²) in [5.74, 6) is -0.299. The van der Waals surface area contributed by atoms with Crippen LogP contribution in [0.25, 0.3) is 0 Å². The summed E-state index contributed by atoms with van der Waals surface area (Å²) in [5, 5.41) is 3.52. The lowest BCUT2D eigenvalue weighted by Gasteiger charge is -2.03. The summed E-state index contributed by atoms with van der Waals surface area (Å²) in [6.45, 7) is 1.23. The summed E-state index contributed by atoms with van der Waals surface area (Å²) < 4.78 is 0. The Labute approximate surface area is 104 Å². The van der Waals surface area contributed by atoms with Gasteiger partial charge >= 0.3 is 5.97 Å². The molecule has 1 N–H and O–H groups in total. The Morgan fingerprint density at radius 2 is 1.88 bits per heavy atom. The second-order valence-electron chi connectivity index (χ2n) is 2.73. The number of hydrogen-bond acceptors (Lipinski definition) is 4. The number of carbonyl (C=O) groups is 1. The number of halogens is 2. The van der Waals surface area contributed by atoms with Crippen molar-refractivity contribution in [1.29, 1.82) is 0 Å². The average molecular weight is 266 g/mol. The maximum atomic E-state index is 10.4. The maximum Gasteiger partial charge on any atom is 0.352 e. The highest BCUT2D eigenvalue weighted by molar-refractivity contribution is 6.35. The zero-order valence-electron chi connectivity index (χ0n) is 9.21. The highest BCUT2D eigenvalue weighted by Crippen LogP contribution is 2.27. The van der Waals surface area contributed by atoms with Crippen LogP contribution in [-0.4, -0.2) is 20.1 Å². The van der Waals surface area contributed by atoms with Gasteiger partial charge in [0.25, 0.3) is 0 Å². The quantitative estimate of drug-likeness (QED) is 0.660. The van der Waals surface area contributed by atoms with Gasteiger partial charge in [0.05, 0.1) is 5.02 Å². The molecule has 4 nitrogen and oxygen atoms in total. The zero-order chi connectivity index (χ0) is 12.6. The summed E-state index contributed by atoms with van der Waals surface area (Å²) in [4.78, 5) is 19.3. The van der Waals surface area contributed by atoms with Gasteiger partial charge in [-0.1, -0.05) is 23.2 Å². The third-order valence-corrected chi connectivity index (χ3v) is 1.67. The van der Waals surface area contributed by atoms with Crippen LogP contribution in [0.5, 0.6) is 5.75 Å². The van der Waals surface area contributed by atoms with Crippen LogP contribution in [0.3, 0.4) is 0 Å². The average Bonchev–Trinajstić information content (AvgIpc) is 2.17. The zero-order valence-corrected chi connectivity index (χ0v) is 10.7. The third-order valence-electron chi connectivity index (χ3n) is 1.14. The lowest BCUT2D eigenvalue weighted by Crippen LogP contribution is -2.02. The van der Waals surface area contributed by atoms with Gasteiger partial charge in [0.1, 0.15) is 0 Å². The molecule has 1 aromatic rings. The molecule has 0 saturated carbocycles. The molecule has 1 rings (SSSR count). The van der Waals surface area contributed by atoms with E-state index in [9.17, 15) is 4.79 Å². The van der Waals surface area contributed by atoms with E-state index in [-0.39, 0.29) is 10.8 Å². The number of hydrogen-bond donors (Lipinski definition) is 1. The fourth-order valence-corrected chi connectivity index (χ4v) is 1.09. The minimum absolute atomic E-state index is 0.251. The van der Waals surface area contributed by atoms with Gasteiger partial charge in [-0.15, -0.1) is 0 Å². The Balaban J connectivity index is 0.000000673. The Hall–Kier alpha value is -0.970. The minimum atomic E-state index is -0.550. The Kier molecular flexibility index (Phi) is 7.72. The highest BCUT2D eigenvalue weighted by Gasteiger charge is 2.04. The van der Waals surface area contributed by atoms with Gasteiger partial charge in [-0.3, -0.25) is 9.78 Å². The van der Waals surface area contributed by atoms with Crippen molar-refractivity contribution in [2.24, 2.45) is 0 Å². The Bertz CT molecular complexity index is 345. The van der Waals surface area contributed by atoms with Gasteiger partial charge in [-0.05, 0) is 32.3 Å². The molecule has 0 saturated heterocycles. The van der Waals surface area contributed by atoms with Gasteiger partial charge in [0.2, 0.25) is 0 Å². The van der Waals surface area contributed by atoms with E-state index in [0.717, 1.165) is 0 Å². The van der Waals surface area contributed by atoms with Crippen LogP contribution in [0, 0.1) is 0 Å². The second kappa shape index (κ2) is 8.21. The van der Waals surface area contributed by atoms with Gasteiger partial charge in [-0.25, -0.2) is 4.79 Å². The van der Waals surface area contributed by atoms with Crippen LogP contribution in [0.15, 0.2) is 18.2 Å². The first-order chi connectivity index (χ1) is 7.51. The molecule has 0 aliphatic carbocycles. The Morgan fingerprint density at radius 1 is 1.31 bits per heavy atom. The molecule has 0 spiro atoms. The van der Waals surface area contributed by atoms with Crippen molar-refractivity contribution in [3.05, 3.63) is 28.2 Å². The molecular weight excluding hydrogens is 253 g/mol. The van der Waals surface area contributed by atoms with Crippen LogP contribution in [0.2, 0.25) is 10.0 Å². The van der Waals surface area contributed by atoms with Crippen molar-refractivity contribution in [1.82, 2.24) is 5.32 Å². The molecule has 6 heteroatoms. The summed E-state index contributed by atoms with van der Waals surface area (Å²) in [7, 11) is 3.75. The summed E-state index contributed by atoms with van der Waals surface area (Å²) >= 11 is 11.3. The topological polar surface area (TPSA) is 47.6 Å². The van der Waals surface area contributed by atoms with Crippen LogP contribution < -0.4 is 10.2 Å². The molecule has 0 atom stereocenters. The van der Waals surface area contributed by atoms with Crippen molar-refractivity contribution >= 4 is 29.2 Å². The number of rotatable bonds is 2. The van der Waals surface area contributed by atoms with Crippen molar-refractivity contribution in [2.75, 3.05) is 14.1 Å². The first kappa shape index (κ1) is 15.0. The van der Waals surface area contributed by atoms with Gasteiger partial charge < -0.3 is 5.32 Å². The third kappa shape index (κ3) is 6.50. The van der Waals surface area contributed by atoms with E-state index in [1.54, 1.807) is 6.07 Å². The largest absolute Gasteiger partial charge is 0.352 e. The van der Waals surface area contributed by atoms with Gasteiger partial charge in [-0.2, -0.15) is 0 Å². The summed E-state index contributed by atoms with van der Waals surface area (Å²) in [5.41, 5.74) is 0. The van der Waals surface area contributed by atoms with E-state index in [0.29, 0.717) is 5.02 Å². The number of carbonyl (C=O) groups excluding carboxylic acids is 1. The molecule has 0 heterocycles. The lowest BCUT2D eigenvalue weighted by molar-refractivity contribution is -0.210. The molecule has 90 valence electrons. The van der Waals surface area contributed by atoms with E-state index in [1.165, 1.54) is 19.1 Å². The number of benzene rings is 1. The minimum Gasteiger partial charge on any atom is -0.323 e. The standard InChI is InChI=1S/C8H6Cl2O3.C2H7N/c1-5(11)12-13-8-3-2-6(9)4-7(8)10;1-3-2/h2-4H,1H3;3H,1-2H3. The highest BCUT2D eigenvalue weighted by atomic mass is 35.5. The molecule has 0 aromatic heterocycles. The van der Waals surface area contributed by atoms with E-state index in [1.807, 2.05) is 14.1 Å². The molecule has 0 amide bonds. The predicted octanol–water partition coefficient (Wildman–Crippen LogP) is 2.69. The molecule has 0 radical (unpaired) electrons. The van der Waals surface area contributed by atoms with E-state index < -0.39 is 5.97 Å². The number of nitrogens with one attached hydrogen (secondary N) is 1. The van der Waals surface area contributed by atoms with Crippen LogP contribution in [0.4, 0.5) is 0 Å². The monoisotopic (exact) mass is 265 g/mol. The normalized spacial score (nSPS) is 8.81. The van der Waals surface area contributed by atoms with Crippen molar-refractivity contribution in [3.8, 4) is 5.75 Å². The second-order valence-corrected chi connectivity index (χ2v) is 3.58. The molecule has 0 aliphatic rings. The first-order valence-electron chi connectivity index (χ1n) is 4.40. The van der Waals surface area contributed by atoms with Gasteiger partial charge in [0.15, 0.2) is 5.75 Å². The van der Waals surface area contributed by atoms with Crippen molar-refractivity contribution in [3.63, 3.8) is 0 Å². The van der Waals surface area contributed by atoms with Crippen molar-refractivity contribution < 1.29 is 14.6 Å². The van der Waals surface area contributed by atoms with Crippen LogP contribution >= 0.6 is 23.2 Å². The Morgan fingerprint density at radius 3 is 2.31 bits per heavy atom. The summed E-state index contributed by atoms with van der Waals surface area (Å²) in [6.07, 6.45) is 0. The maximum absolute atomic E-state index is 10.4. The SMILES string of the molecule is CC(=O)OOc1ccc(Cl)cc1Cl.CNC. The fraction of sp³-hybridized carbons (Fsp3) is 0.300. The van der Waals surface area contributed by atoms with Crippen LogP contribution in [0.1, 0.15) is 6.92 Å². The van der Waals surface area contributed by atoms with E-state index in [2.05, 4.69) is 15.1 Å². The van der Waals surface area contributed by atoms with Gasteiger partial charge in [0, 0.05) is 11.9 Å². The molecule has 0 fully saturated rings. The molecule has 1 aromatic carbocycles. The molecule has 0 bridgehead atoms. The van der Waals surface area contributed by atoms with Crippen molar-refractivity contribution in [2.45, 2.75) is 6.92 Å².